The quantitative estimate of drug-likeness (QED) is 0.332. The van der Waals surface area contributed by atoms with Crippen LogP contribution in [-0.2, 0) is 0 Å². The second-order valence-corrected chi connectivity index (χ2v) is 8.74. The zero-order chi connectivity index (χ0) is 25.0. The Labute approximate surface area is 200 Å². The van der Waals surface area contributed by atoms with Crippen molar-refractivity contribution >= 4 is 5.69 Å². The van der Waals surface area contributed by atoms with Crippen LogP contribution in [0, 0.1) is 27.7 Å². The maximum absolute atomic E-state index is 12.9. The molecule has 182 valence electrons. The van der Waals surface area contributed by atoms with Crippen molar-refractivity contribution in [2.75, 3.05) is 18.0 Å². The van der Waals surface area contributed by atoms with Crippen LogP contribution in [0.4, 0.5) is 18.9 Å². The third-order valence-corrected chi connectivity index (χ3v) is 6.08. The van der Waals surface area contributed by atoms with E-state index < -0.39 is 6.36 Å². The van der Waals surface area contributed by atoms with Crippen molar-refractivity contribution in [1.82, 2.24) is 4.98 Å². The second-order valence-electron chi connectivity index (χ2n) is 8.74. The summed E-state index contributed by atoms with van der Waals surface area (Å²) < 4.78 is 43.0. The topological polar surface area (TPSA) is 25.4 Å². The highest BCUT2D eigenvalue weighted by molar-refractivity contribution is 5.84. The standard InChI is InChI=1S/C28H33F3N2O/c1-7-15-33(16-8-2)27-21(6)20(5)25(24-18(3)11-9-12-19(24)4)32-26(27)22-13-10-14-23(17-22)34-28(29,30)31/h9-14,17H,7-8,15-16H2,1-6H3. The van der Waals surface area contributed by atoms with Gasteiger partial charge in [0.15, 0.2) is 0 Å². The Bertz CT molecular complexity index is 1130. The van der Waals surface area contributed by atoms with E-state index in [1.54, 1.807) is 12.1 Å². The maximum Gasteiger partial charge on any atom is 0.573 e. The summed E-state index contributed by atoms with van der Waals surface area (Å²) in [5, 5.41) is 0. The lowest BCUT2D eigenvalue weighted by molar-refractivity contribution is -0.274. The predicted molar refractivity (Wildman–Crippen MR) is 134 cm³/mol. The summed E-state index contributed by atoms with van der Waals surface area (Å²) in [6.07, 6.45) is -2.85. The zero-order valence-corrected chi connectivity index (χ0v) is 20.8. The molecule has 0 saturated heterocycles. The highest BCUT2D eigenvalue weighted by atomic mass is 19.4. The van der Waals surface area contributed by atoms with Crippen molar-refractivity contribution in [2.45, 2.75) is 60.7 Å². The summed E-state index contributed by atoms with van der Waals surface area (Å²) in [7, 11) is 0. The summed E-state index contributed by atoms with van der Waals surface area (Å²) in [5.41, 5.74) is 8.57. The van der Waals surface area contributed by atoms with Crippen LogP contribution in [0.5, 0.6) is 5.75 Å². The first-order chi connectivity index (χ1) is 16.1. The molecule has 6 heteroatoms. The van der Waals surface area contributed by atoms with Crippen molar-refractivity contribution in [3.63, 3.8) is 0 Å². The van der Waals surface area contributed by atoms with Crippen LogP contribution in [0.3, 0.4) is 0 Å². The molecule has 0 bridgehead atoms. The normalized spacial score (nSPS) is 11.6. The number of rotatable bonds is 8. The van der Waals surface area contributed by atoms with Crippen LogP contribution in [0.15, 0.2) is 42.5 Å². The molecule has 3 nitrogen and oxygen atoms in total. The average Bonchev–Trinajstić information content (AvgIpc) is 2.75. The molecule has 3 aromatic rings. The number of hydrogen-bond acceptors (Lipinski definition) is 3. The van der Waals surface area contributed by atoms with E-state index in [1.165, 1.54) is 12.1 Å². The Morgan fingerprint density at radius 2 is 1.41 bits per heavy atom. The minimum atomic E-state index is -4.75. The summed E-state index contributed by atoms with van der Waals surface area (Å²) >= 11 is 0. The van der Waals surface area contributed by atoms with Gasteiger partial charge in [-0.2, -0.15) is 0 Å². The van der Waals surface area contributed by atoms with E-state index in [0.29, 0.717) is 11.3 Å². The molecule has 0 saturated carbocycles. The van der Waals surface area contributed by atoms with Gasteiger partial charge in [-0.1, -0.05) is 44.2 Å². The Balaban J connectivity index is 2.33. The Kier molecular flexibility index (Phi) is 7.90. The maximum atomic E-state index is 12.9. The van der Waals surface area contributed by atoms with Gasteiger partial charge in [0.2, 0.25) is 0 Å². The lowest BCUT2D eigenvalue weighted by atomic mass is 9.92. The van der Waals surface area contributed by atoms with Gasteiger partial charge in [0.05, 0.1) is 17.1 Å². The number of alkyl halides is 3. The van der Waals surface area contributed by atoms with Crippen molar-refractivity contribution in [1.29, 1.82) is 0 Å². The molecule has 1 heterocycles. The van der Waals surface area contributed by atoms with Crippen LogP contribution in [0.1, 0.15) is 48.9 Å². The van der Waals surface area contributed by atoms with Crippen LogP contribution in [0.25, 0.3) is 22.5 Å². The lowest BCUT2D eigenvalue weighted by Gasteiger charge is -2.30. The van der Waals surface area contributed by atoms with Gasteiger partial charge < -0.3 is 9.64 Å². The predicted octanol–water partition coefficient (Wildman–Crippen LogP) is 8.17. The second kappa shape index (κ2) is 10.5. The van der Waals surface area contributed by atoms with Gasteiger partial charge in [-0.15, -0.1) is 13.2 Å². The molecule has 0 radical (unpaired) electrons. The number of anilines is 1. The first-order valence-electron chi connectivity index (χ1n) is 11.8. The Morgan fingerprint density at radius 3 is 1.97 bits per heavy atom. The van der Waals surface area contributed by atoms with Gasteiger partial charge in [0.1, 0.15) is 5.75 Å². The number of nitrogens with zero attached hydrogens (tertiary/aromatic N) is 2. The number of aryl methyl sites for hydroxylation is 2. The third-order valence-electron chi connectivity index (χ3n) is 6.08. The number of hydrogen-bond donors (Lipinski definition) is 0. The van der Waals surface area contributed by atoms with Crippen molar-refractivity contribution in [2.24, 2.45) is 0 Å². The fraction of sp³-hybridized carbons (Fsp3) is 0.393. The molecule has 0 N–H and O–H groups in total. The van der Waals surface area contributed by atoms with Gasteiger partial charge >= 0.3 is 6.36 Å². The molecule has 2 aromatic carbocycles. The zero-order valence-electron chi connectivity index (χ0n) is 20.8. The lowest BCUT2D eigenvalue weighted by Crippen LogP contribution is -2.27. The highest BCUT2D eigenvalue weighted by Crippen LogP contribution is 2.41. The van der Waals surface area contributed by atoms with Crippen molar-refractivity contribution in [3.8, 4) is 28.3 Å². The molecule has 0 spiro atoms. The Morgan fingerprint density at radius 1 is 0.824 bits per heavy atom. The number of aromatic nitrogens is 1. The first-order valence-corrected chi connectivity index (χ1v) is 11.8. The summed E-state index contributed by atoms with van der Waals surface area (Å²) in [4.78, 5) is 7.44. The van der Waals surface area contributed by atoms with Gasteiger partial charge in [-0.3, -0.25) is 0 Å². The largest absolute Gasteiger partial charge is 0.573 e. The fourth-order valence-electron chi connectivity index (χ4n) is 4.52. The Hall–Kier alpha value is -3.02. The smallest absolute Gasteiger partial charge is 0.406 e. The number of pyridine rings is 1. The SMILES string of the molecule is CCCN(CCC)c1c(-c2cccc(OC(F)(F)F)c2)nc(-c2c(C)cccc2C)c(C)c1C. The molecular formula is C28H33F3N2O. The highest BCUT2D eigenvalue weighted by Gasteiger charge is 2.31. The summed E-state index contributed by atoms with van der Waals surface area (Å²) in [5.74, 6) is -0.248. The van der Waals surface area contributed by atoms with E-state index in [1.807, 2.05) is 6.07 Å². The third kappa shape index (κ3) is 5.54. The first kappa shape index (κ1) is 25.6. The average molecular weight is 471 g/mol. The molecule has 0 aliphatic carbocycles. The molecule has 0 aliphatic heterocycles. The minimum Gasteiger partial charge on any atom is -0.406 e. The molecule has 1 aromatic heterocycles. The van der Waals surface area contributed by atoms with Crippen LogP contribution >= 0.6 is 0 Å². The molecule has 0 atom stereocenters. The minimum absolute atomic E-state index is 0.248. The van der Waals surface area contributed by atoms with Crippen LogP contribution < -0.4 is 9.64 Å². The summed E-state index contributed by atoms with van der Waals surface area (Å²) in [6, 6.07) is 12.3. The van der Waals surface area contributed by atoms with Crippen molar-refractivity contribution in [3.05, 3.63) is 64.7 Å². The van der Waals surface area contributed by atoms with Crippen LogP contribution in [-0.4, -0.2) is 24.4 Å². The van der Waals surface area contributed by atoms with Gasteiger partial charge in [0.25, 0.3) is 0 Å². The number of halogens is 3. The monoisotopic (exact) mass is 470 g/mol. The fourth-order valence-corrected chi connectivity index (χ4v) is 4.52. The molecule has 0 amide bonds. The van der Waals surface area contributed by atoms with E-state index in [9.17, 15) is 13.2 Å². The molecule has 3 rings (SSSR count). The van der Waals surface area contributed by atoms with Gasteiger partial charge in [-0.05, 0) is 74.9 Å². The molecular weight excluding hydrogens is 437 g/mol. The number of benzene rings is 2. The van der Waals surface area contributed by atoms with E-state index in [0.717, 1.165) is 65.1 Å². The molecule has 0 fully saturated rings. The van der Waals surface area contributed by atoms with Crippen LogP contribution in [0.2, 0.25) is 0 Å². The molecule has 0 aliphatic rings. The van der Waals surface area contributed by atoms with Crippen molar-refractivity contribution < 1.29 is 17.9 Å². The molecule has 34 heavy (non-hydrogen) atoms. The van der Waals surface area contributed by atoms with Gasteiger partial charge in [0, 0.05) is 24.2 Å². The molecule has 0 unspecified atom stereocenters. The van der Waals surface area contributed by atoms with E-state index >= 15 is 0 Å². The summed E-state index contributed by atoms with van der Waals surface area (Å²) in [6.45, 7) is 14.2. The number of ether oxygens (including phenoxy) is 1. The van der Waals surface area contributed by atoms with E-state index in [4.69, 9.17) is 4.98 Å². The van der Waals surface area contributed by atoms with E-state index in [-0.39, 0.29) is 5.75 Å². The van der Waals surface area contributed by atoms with E-state index in [2.05, 4.69) is 63.3 Å². The van der Waals surface area contributed by atoms with Gasteiger partial charge in [-0.25, -0.2) is 4.98 Å².